The molecule has 8 nitrogen and oxygen atoms in total. The Morgan fingerprint density at radius 3 is 2.40 bits per heavy atom. The maximum absolute atomic E-state index is 5.95. The van der Waals surface area contributed by atoms with Gasteiger partial charge in [0.15, 0.2) is 5.65 Å². The van der Waals surface area contributed by atoms with Crippen LogP contribution >= 0.6 is 11.6 Å². The smallest absolute Gasteiger partial charge is 0.229 e. The Balaban J connectivity index is 1.32. The van der Waals surface area contributed by atoms with Gasteiger partial charge in [-0.15, -0.1) is 0 Å². The van der Waals surface area contributed by atoms with E-state index in [1.807, 2.05) is 54.7 Å². The highest BCUT2D eigenvalue weighted by Crippen LogP contribution is 2.25. The lowest BCUT2D eigenvalue weighted by Gasteiger charge is -2.23. The molecule has 0 bridgehead atoms. The lowest BCUT2D eigenvalue weighted by Crippen LogP contribution is -2.29. The first kappa shape index (κ1) is 23.4. The molecule has 0 saturated carbocycles. The fourth-order valence-corrected chi connectivity index (χ4v) is 4.13. The number of ether oxygens (including phenoxy) is 2. The van der Waals surface area contributed by atoms with E-state index in [1.54, 1.807) is 4.52 Å². The summed E-state index contributed by atoms with van der Waals surface area (Å²) < 4.78 is 13.2. The largest absolute Gasteiger partial charge is 0.457 e. The molecule has 3 heterocycles. The minimum Gasteiger partial charge on any atom is -0.457 e. The van der Waals surface area contributed by atoms with Gasteiger partial charge in [-0.25, -0.2) is 0 Å². The Morgan fingerprint density at radius 2 is 1.71 bits per heavy atom. The summed E-state index contributed by atoms with van der Waals surface area (Å²) >= 11 is 5.95. The summed E-state index contributed by atoms with van der Waals surface area (Å²) in [6.45, 7) is 6.39. The number of benzene rings is 2. The summed E-state index contributed by atoms with van der Waals surface area (Å²) in [7, 11) is 0. The molecular formula is C26H29ClN6O2. The van der Waals surface area contributed by atoms with Crippen molar-refractivity contribution in [1.29, 1.82) is 0 Å². The van der Waals surface area contributed by atoms with Crippen molar-refractivity contribution in [1.82, 2.24) is 19.6 Å². The number of fused-ring (bicyclic) bond motifs is 1. The van der Waals surface area contributed by atoms with E-state index in [1.165, 1.54) is 0 Å². The molecule has 0 aliphatic carbocycles. The molecule has 35 heavy (non-hydrogen) atoms. The number of hydrogen-bond donors (Lipinski definition) is 2. The summed E-state index contributed by atoms with van der Waals surface area (Å²) in [6, 6.07) is 15.6. The van der Waals surface area contributed by atoms with Gasteiger partial charge in [0.2, 0.25) is 11.9 Å². The van der Waals surface area contributed by atoms with Crippen molar-refractivity contribution < 1.29 is 9.47 Å². The van der Waals surface area contributed by atoms with Crippen LogP contribution in [0.15, 0.2) is 54.7 Å². The topological polar surface area (TPSA) is 85.6 Å². The molecule has 1 fully saturated rings. The van der Waals surface area contributed by atoms with E-state index in [2.05, 4.69) is 29.6 Å². The predicted molar refractivity (Wildman–Crippen MR) is 138 cm³/mol. The van der Waals surface area contributed by atoms with Gasteiger partial charge >= 0.3 is 0 Å². The molecule has 0 atom stereocenters. The van der Waals surface area contributed by atoms with Crippen molar-refractivity contribution in [2.24, 2.45) is 0 Å². The average Bonchev–Trinajstić information content (AvgIpc) is 3.30. The van der Waals surface area contributed by atoms with Crippen LogP contribution in [0, 0.1) is 0 Å². The van der Waals surface area contributed by atoms with Crippen LogP contribution in [0.2, 0.25) is 5.02 Å². The van der Waals surface area contributed by atoms with E-state index in [9.17, 15) is 0 Å². The Bertz CT molecular complexity index is 1270. The third kappa shape index (κ3) is 5.66. The van der Waals surface area contributed by atoms with Gasteiger partial charge in [-0.2, -0.15) is 19.6 Å². The molecule has 0 amide bonds. The zero-order valence-electron chi connectivity index (χ0n) is 19.9. The summed E-state index contributed by atoms with van der Waals surface area (Å²) in [5.74, 6) is 3.07. The fourth-order valence-electron chi connectivity index (χ4n) is 4.00. The summed E-state index contributed by atoms with van der Waals surface area (Å²) in [5, 5.41) is 12.2. The molecule has 2 aromatic carbocycles. The van der Waals surface area contributed by atoms with Crippen molar-refractivity contribution >= 4 is 29.1 Å². The normalized spacial score (nSPS) is 14.4. The van der Waals surface area contributed by atoms with Crippen molar-refractivity contribution in [3.63, 3.8) is 0 Å². The predicted octanol–water partition coefficient (Wildman–Crippen LogP) is 5.90. The number of aromatic nitrogens is 4. The van der Waals surface area contributed by atoms with Gasteiger partial charge in [-0.1, -0.05) is 37.6 Å². The van der Waals surface area contributed by atoms with Crippen LogP contribution in [0.5, 0.6) is 11.5 Å². The van der Waals surface area contributed by atoms with Gasteiger partial charge in [0.05, 0.1) is 6.20 Å². The van der Waals surface area contributed by atoms with Crippen molar-refractivity contribution in [3.8, 4) is 11.5 Å². The average molecular weight is 493 g/mol. The zero-order chi connectivity index (χ0) is 24.2. The van der Waals surface area contributed by atoms with E-state index < -0.39 is 0 Å². The van der Waals surface area contributed by atoms with E-state index in [-0.39, 0.29) is 0 Å². The van der Waals surface area contributed by atoms with Crippen LogP contribution in [0.25, 0.3) is 5.65 Å². The highest BCUT2D eigenvalue weighted by molar-refractivity contribution is 6.30. The van der Waals surface area contributed by atoms with Crippen LogP contribution in [0.1, 0.15) is 43.7 Å². The molecule has 0 radical (unpaired) electrons. The first-order valence-corrected chi connectivity index (χ1v) is 12.3. The first-order chi connectivity index (χ1) is 17.0. The highest BCUT2D eigenvalue weighted by Gasteiger charge is 2.19. The van der Waals surface area contributed by atoms with E-state index >= 15 is 0 Å². The van der Waals surface area contributed by atoms with E-state index in [0.717, 1.165) is 54.3 Å². The molecule has 2 aromatic heterocycles. The fraction of sp³-hybridized carbons (Fsp3) is 0.346. The van der Waals surface area contributed by atoms with Crippen LogP contribution in [-0.4, -0.2) is 38.8 Å². The van der Waals surface area contributed by atoms with E-state index in [0.29, 0.717) is 35.4 Å². The third-order valence-electron chi connectivity index (χ3n) is 6.00. The molecular weight excluding hydrogens is 464 g/mol. The Kier molecular flexibility index (Phi) is 7.01. The molecule has 2 N–H and O–H groups in total. The lowest BCUT2D eigenvalue weighted by molar-refractivity contribution is 0.0903. The van der Waals surface area contributed by atoms with Crippen LogP contribution in [-0.2, 0) is 11.3 Å². The summed E-state index contributed by atoms with van der Waals surface area (Å²) in [6.07, 6.45) is 3.76. The number of halogens is 1. The zero-order valence-corrected chi connectivity index (χ0v) is 20.6. The molecule has 9 heteroatoms. The number of anilines is 2. The highest BCUT2D eigenvalue weighted by atomic mass is 35.5. The first-order valence-electron chi connectivity index (χ1n) is 11.9. The van der Waals surface area contributed by atoms with Crippen molar-refractivity contribution in [2.45, 2.75) is 45.2 Å². The van der Waals surface area contributed by atoms with E-state index in [4.69, 9.17) is 31.0 Å². The molecule has 5 rings (SSSR count). The number of nitrogens with zero attached hydrogens (tertiary/aromatic N) is 4. The molecule has 4 aromatic rings. The lowest BCUT2D eigenvalue weighted by atomic mass is 10.1. The van der Waals surface area contributed by atoms with Gasteiger partial charge < -0.3 is 20.1 Å². The molecule has 182 valence electrons. The minimum absolute atomic E-state index is 0.303. The maximum atomic E-state index is 5.95. The second-order valence-corrected chi connectivity index (χ2v) is 9.38. The van der Waals surface area contributed by atoms with Crippen molar-refractivity contribution in [3.05, 3.63) is 70.9 Å². The third-order valence-corrected chi connectivity index (χ3v) is 6.25. The monoisotopic (exact) mass is 492 g/mol. The number of rotatable bonds is 8. The van der Waals surface area contributed by atoms with Gasteiger partial charge in [0, 0.05) is 36.4 Å². The standard InChI is InChI=1S/C26H29ClN6O2/c1-17(2)23-16-29-33-24(23)31-25(30-20-11-13-34-14-12-20)32-26(33)28-15-18-3-7-21(8-4-18)35-22-9-5-19(27)6-10-22/h3-10,16-17,20H,11-15H2,1-2H3,(H2,28,30,31,32). The summed E-state index contributed by atoms with van der Waals surface area (Å²) in [4.78, 5) is 9.55. The van der Waals surface area contributed by atoms with Crippen LogP contribution in [0.3, 0.4) is 0 Å². The number of nitrogens with one attached hydrogen (secondary N) is 2. The number of hydrogen-bond acceptors (Lipinski definition) is 7. The molecule has 1 saturated heterocycles. The molecule has 1 aliphatic heterocycles. The minimum atomic E-state index is 0.303. The van der Waals surface area contributed by atoms with Crippen LogP contribution in [0.4, 0.5) is 11.9 Å². The second kappa shape index (κ2) is 10.5. The molecule has 0 unspecified atom stereocenters. The van der Waals surface area contributed by atoms with Gasteiger partial charge in [0.1, 0.15) is 11.5 Å². The SMILES string of the molecule is CC(C)c1cnn2c(NCc3ccc(Oc4ccc(Cl)cc4)cc3)nc(NC3CCOCC3)nc12. The van der Waals surface area contributed by atoms with Gasteiger partial charge in [-0.3, -0.25) is 0 Å². The molecule has 0 spiro atoms. The summed E-state index contributed by atoms with van der Waals surface area (Å²) in [5.41, 5.74) is 3.00. The van der Waals surface area contributed by atoms with Crippen molar-refractivity contribution in [2.75, 3.05) is 23.8 Å². The van der Waals surface area contributed by atoms with Crippen LogP contribution < -0.4 is 15.4 Å². The van der Waals surface area contributed by atoms with Gasteiger partial charge in [0.25, 0.3) is 0 Å². The quantitative estimate of drug-likeness (QED) is 0.317. The Morgan fingerprint density at radius 1 is 1.03 bits per heavy atom. The van der Waals surface area contributed by atoms with Gasteiger partial charge in [-0.05, 0) is 60.7 Å². The molecule has 1 aliphatic rings. The Hall–Kier alpha value is -3.36. The Labute approximate surface area is 209 Å². The maximum Gasteiger partial charge on any atom is 0.229 e. The second-order valence-electron chi connectivity index (χ2n) is 8.95.